The largest absolute Gasteiger partial charge is 0.338 e. The highest BCUT2D eigenvalue weighted by molar-refractivity contribution is 7.13. The molecule has 1 aromatic heterocycles. The van der Waals surface area contributed by atoms with Crippen molar-refractivity contribution in [1.29, 1.82) is 0 Å². The molecule has 92 valence electrons. The Bertz CT molecular complexity index is 551. The van der Waals surface area contributed by atoms with Crippen LogP contribution in [0.1, 0.15) is 18.4 Å². The summed E-state index contributed by atoms with van der Waals surface area (Å²) in [5.74, 6) is 0.273. The Balaban J connectivity index is 1.81. The maximum atomic E-state index is 11.6. The molecule has 1 fully saturated rings. The molecule has 1 amide bonds. The molecule has 1 aliphatic rings. The molecule has 1 aliphatic heterocycles. The average Bonchev–Trinajstić information content (AvgIpc) is 3.02. The second-order valence-corrected chi connectivity index (χ2v) is 5.35. The Morgan fingerprint density at radius 2 is 2.33 bits per heavy atom. The van der Waals surface area contributed by atoms with E-state index in [1.807, 2.05) is 22.5 Å². The van der Waals surface area contributed by atoms with Crippen molar-refractivity contribution >= 4 is 17.2 Å². The van der Waals surface area contributed by atoms with Crippen LogP contribution in [0.15, 0.2) is 35.8 Å². The van der Waals surface area contributed by atoms with Gasteiger partial charge < -0.3 is 4.90 Å². The summed E-state index contributed by atoms with van der Waals surface area (Å²) in [4.78, 5) is 17.9. The minimum atomic E-state index is 0.273. The molecule has 0 unspecified atom stereocenters. The van der Waals surface area contributed by atoms with Gasteiger partial charge in [-0.15, -0.1) is 11.3 Å². The number of rotatable bonds is 3. The van der Waals surface area contributed by atoms with Gasteiger partial charge >= 0.3 is 0 Å². The lowest BCUT2D eigenvalue weighted by Gasteiger charge is -2.15. The first-order valence-electron chi connectivity index (χ1n) is 6.09. The SMILES string of the molecule is O=C1CCCN1Cc1cccc(-c2nccs2)c1. The molecule has 0 saturated carbocycles. The van der Waals surface area contributed by atoms with Gasteiger partial charge in [-0.1, -0.05) is 18.2 Å². The fraction of sp³-hybridized carbons (Fsp3) is 0.286. The molecule has 0 radical (unpaired) electrons. The molecule has 0 N–H and O–H groups in total. The standard InChI is InChI=1S/C14H14N2OS/c17-13-5-2-7-16(13)10-11-3-1-4-12(9-11)14-15-6-8-18-14/h1,3-4,6,8-9H,2,5,7,10H2. The van der Waals surface area contributed by atoms with Gasteiger partial charge in [0, 0.05) is 36.7 Å². The van der Waals surface area contributed by atoms with E-state index in [0.717, 1.165) is 30.1 Å². The third-order valence-corrected chi connectivity index (χ3v) is 3.97. The van der Waals surface area contributed by atoms with Gasteiger partial charge in [0.2, 0.25) is 5.91 Å². The van der Waals surface area contributed by atoms with E-state index in [2.05, 4.69) is 23.2 Å². The van der Waals surface area contributed by atoms with Gasteiger partial charge in [-0.3, -0.25) is 4.79 Å². The van der Waals surface area contributed by atoms with E-state index in [1.54, 1.807) is 11.3 Å². The summed E-state index contributed by atoms with van der Waals surface area (Å²) >= 11 is 1.64. The quantitative estimate of drug-likeness (QED) is 0.848. The zero-order valence-corrected chi connectivity index (χ0v) is 10.8. The first kappa shape index (κ1) is 11.4. The molecule has 3 nitrogen and oxygen atoms in total. The van der Waals surface area contributed by atoms with Crippen molar-refractivity contribution in [3.63, 3.8) is 0 Å². The van der Waals surface area contributed by atoms with Gasteiger partial charge in [0.15, 0.2) is 0 Å². The van der Waals surface area contributed by atoms with E-state index in [-0.39, 0.29) is 5.91 Å². The van der Waals surface area contributed by atoms with E-state index >= 15 is 0 Å². The number of hydrogen-bond donors (Lipinski definition) is 0. The second-order valence-electron chi connectivity index (χ2n) is 4.46. The normalized spacial score (nSPS) is 15.3. The fourth-order valence-electron chi connectivity index (χ4n) is 2.26. The molecule has 2 heterocycles. The molecule has 0 atom stereocenters. The highest BCUT2D eigenvalue weighted by Crippen LogP contribution is 2.23. The molecule has 18 heavy (non-hydrogen) atoms. The van der Waals surface area contributed by atoms with Crippen molar-refractivity contribution < 1.29 is 4.79 Å². The lowest BCUT2D eigenvalue weighted by molar-refractivity contribution is -0.128. The van der Waals surface area contributed by atoms with Gasteiger partial charge in [-0.25, -0.2) is 4.98 Å². The average molecular weight is 258 g/mol. The van der Waals surface area contributed by atoms with Crippen LogP contribution in [0.2, 0.25) is 0 Å². The minimum Gasteiger partial charge on any atom is -0.338 e. The zero-order valence-electron chi connectivity index (χ0n) is 10.0. The number of nitrogens with zero attached hydrogens (tertiary/aromatic N) is 2. The molecular weight excluding hydrogens is 244 g/mol. The molecule has 4 heteroatoms. The van der Waals surface area contributed by atoms with E-state index in [9.17, 15) is 4.79 Å². The third kappa shape index (κ3) is 2.29. The molecule has 0 aliphatic carbocycles. The lowest BCUT2D eigenvalue weighted by atomic mass is 10.1. The summed E-state index contributed by atoms with van der Waals surface area (Å²) < 4.78 is 0. The van der Waals surface area contributed by atoms with Crippen LogP contribution in [0, 0.1) is 0 Å². The Labute approximate surface area is 110 Å². The summed E-state index contributed by atoms with van der Waals surface area (Å²) in [6.07, 6.45) is 3.51. The summed E-state index contributed by atoms with van der Waals surface area (Å²) in [6.45, 7) is 1.61. The van der Waals surface area contributed by atoms with E-state index in [1.165, 1.54) is 5.56 Å². The number of benzene rings is 1. The van der Waals surface area contributed by atoms with Gasteiger partial charge in [0.25, 0.3) is 0 Å². The second kappa shape index (κ2) is 4.90. The molecule has 0 bridgehead atoms. The monoisotopic (exact) mass is 258 g/mol. The summed E-state index contributed by atoms with van der Waals surface area (Å²) in [6, 6.07) is 8.30. The van der Waals surface area contributed by atoms with Crippen LogP contribution in [-0.4, -0.2) is 22.3 Å². The Morgan fingerprint density at radius 1 is 1.39 bits per heavy atom. The Morgan fingerprint density at radius 3 is 3.06 bits per heavy atom. The van der Waals surface area contributed by atoms with Crippen LogP contribution in [0.4, 0.5) is 0 Å². The fourth-order valence-corrected chi connectivity index (χ4v) is 2.90. The summed E-state index contributed by atoms with van der Waals surface area (Å²) in [7, 11) is 0. The predicted molar refractivity (Wildman–Crippen MR) is 72.2 cm³/mol. The molecular formula is C14H14N2OS. The minimum absolute atomic E-state index is 0.273. The number of aromatic nitrogens is 1. The highest BCUT2D eigenvalue weighted by atomic mass is 32.1. The maximum absolute atomic E-state index is 11.6. The Hall–Kier alpha value is -1.68. The van der Waals surface area contributed by atoms with Crippen molar-refractivity contribution in [2.24, 2.45) is 0 Å². The molecule has 0 spiro atoms. The van der Waals surface area contributed by atoms with Gasteiger partial charge in [0.05, 0.1) is 0 Å². The number of amides is 1. The zero-order chi connectivity index (χ0) is 12.4. The third-order valence-electron chi connectivity index (χ3n) is 3.15. The molecule has 3 rings (SSSR count). The van der Waals surface area contributed by atoms with Crippen molar-refractivity contribution in [2.45, 2.75) is 19.4 Å². The van der Waals surface area contributed by atoms with Crippen LogP contribution in [0.5, 0.6) is 0 Å². The first-order valence-corrected chi connectivity index (χ1v) is 6.97. The van der Waals surface area contributed by atoms with Crippen LogP contribution in [0.25, 0.3) is 10.6 Å². The van der Waals surface area contributed by atoms with E-state index < -0.39 is 0 Å². The number of carbonyl (C=O) groups is 1. The van der Waals surface area contributed by atoms with Crippen LogP contribution in [0.3, 0.4) is 0 Å². The molecule has 1 aromatic carbocycles. The number of likely N-dealkylation sites (tertiary alicyclic amines) is 1. The van der Waals surface area contributed by atoms with Crippen molar-refractivity contribution in [2.75, 3.05) is 6.54 Å². The predicted octanol–water partition coefficient (Wildman–Crippen LogP) is 2.93. The summed E-state index contributed by atoms with van der Waals surface area (Å²) in [5.41, 5.74) is 2.31. The van der Waals surface area contributed by atoms with Crippen molar-refractivity contribution in [3.8, 4) is 10.6 Å². The Kier molecular flexibility index (Phi) is 3.11. The number of carbonyl (C=O) groups excluding carboxylic acids is 1. The van der Waals surface area contributed by atoms with E-state index in [4.69, 9.17) is 0 Å². The van der Waals surface area contributed by atoms with Gasteiger partial charge in [-0.05, 0) is 18.1 Å². The number of hydrogen-bond acceptors (Lipinski definition) is 3. The topological polar surface area (TPSA) is 33.2 Å². The molecule has 2 aromatic rings. The van der Waals surface area contributed by atoms with E-state index in [0.29, 0.717) is 6.42 Å². The highest BCUT2D eigenvalue weighted by Gasteiger charge is 2.19. The lowest BCUT2D eigenvalue weighted by Crippen LogP contribution is -2.23. The number of thiazole rings is 1. The van der Waals surface area contributed by atoms with Crippen molar-refractivity contribution in [3.05, 3.63) is 41.4 Å². The molecule has 1 saturated heterocycles. The first-order chi connectivity index (χ1) is 8.83. The van der Waals surface area contributed by atoms with Crippen molar-refractivity contribution in [1.82, 2.24) is 9.88 Å². The van der Waals surface area contributed by atoms with Gasteiger partial charge in [-0.2, -0.15) is 0 Å². The smallest absolute Gasteiger partial charge is 0.222 e. The van der Waals surface area contributed by atoms with Gasteiger partial charge in [0.1, 0.15) is 5.01 Å². The van der Waals surface area contributed by atoms with Crippen LogP contribution >= 0.6 is 11.3 Å². The maximum Gasteiger partial charge on any atom is 0.222 e. The van der Waals surface area contributed by atoms with Crippen LogP contribution < -0.4 is 0 Å². The summed E-state index contributed by atoms with van der Waals surface area (Å²) in [5, 5.41) is 3.01. The van der Waals surface area contributed by atoms with Crippen LogP contribution in [-0.2, 0) is 11.3 Å².